The Morgan fingerprint density at radius 3 is 2.57 bits per heavy atom. The van der Waals surface area contributed by atoms with Crippen LogP contribution in [0.25, 0.3) is 10.8 Å². The molecular formula is C24H28N2O2. The molecule has 1 atom stereocenters. The molecule has 3 aromatic rings. The normalized spacial score (nSPS) is 16.5. The molecule has 146 valence electrons. The summed E-state index contributed by atoms with van der Waals surface area (Å²) in [4.78, 5) is 2.46. The summed E-state index contributed by atoms with van der Waals surface area (Å²) in [5, 5.41) is 6.12. The second-order valence-electron chi connectivity index (χ2n) is 7.48. The lowest BCUT2D eigenvalue weighted by atomic mass is 10.1. The van der Waals surface area contributed by atoms with Crippen molar-refractivity contribution in [1.29, 1.82) is 0 Å². The van der Waals surface area contributed by atoms with Crippen LogP contribution in [0.4, 0.5) is 5.69 Å². The van der Waals surface area contributed by atoms with Gasteiger partial charge in [-0.3, -0.25) is 0 Å². The number of hydrogen-bond acceptors (Lipinski definition) is 4. The number of nitrogens with zero attached hydrogens (tertiary/aromatic N) is 1. The number of benzene rings is 3. The van der Waals surface area contributed by atoms with E-state index in [-0.39, 0.29) is 0 Å². The summed E-state index contributed by atoms with van der Waals surface area (Å²) < 4.78 is 10.7. The maximum atomic E-state index is 5.35. The maximum Gasteiger partial charge on any atom is 0.120 e. The third-order valence-corrected chi connectivity index (χ3v) is 5.58. The molecular weight excluding hydrogens is 348 g/mol. The molecule has 1 aliphatic rings. The van der Waals surface area contributed by atoms with Crippen LogP contribution < -0.4 is 19.7 Å². The molecule has 4 rings (SSSR count). The highest BCUT2D eigenvalue weighted by atomic mass is 16.5. The van der Waals surface area contributed by atoms with Crippen LogP contribution in [0, 0.1) is 5.92 Å². The van der Waals surface area contributed by atoms with E-state index in [1.54, 1.807) is 14.2 Å². The molecule has 1 unspecified atom stereocenters. The zero-order chi connectivity index (χ0) is 19.3. The molecule has 4 nitrogen and oxygen atoms in total. The SMILES string of the molecule is COc1cccc(N2CCC(CNCc3ccc4cc(OC)ccc4c3)C2)c1. The van der Waals surface area contributed by atoms with Gasteiger partial charge >= 0.3 is 0 Å². The van der Waals surface area contributed by atoms with Gasteiger partial charge in [0.15, 0.2) is 0 Å². The number of ether oxygens (including phenoxy) is 2. The van der Waals surface area contributed by atoms with Gasteiger partial charge in [-0.2, -0.15) is 0 Å². The standard InChI is InChI=1S/C24H28N2O2/c1-27-23-5-3-4-22(14-23)26-11-10-19(17-26)16-25-15-18-6-7-21-13-24(28-2)9-8-20(21)12-18/h3-9,12-14,19,25H,10-11,15-17H2,1-2H3. The van der Waals surface area contributed by atoms with E-state index in [4.69, 9.17) is 9.47 Å². The molecule has 0 spiro atoms. The highest BCUT2D eigenvalue weighted by molar-refractivity contribution is 5.84. The second kappa shape index (κ2) is 8.53. The minimum Gasteiger partial charge on any atom is -0.497 e. The van der Waals surface area contributed by atoms with Crippen LogP contribution in [0.15, 0.2) is 60.7 Å². The maximum absolute atomic E-state index is 5.35. The average molecular weight is 377 g/mol. The molecule has 1 fully saturated rings. The molecule has 0 bridgehead atoms. The molecule has 0 aliphatic carbocycles. The van der Waals surface area contributed by atoms with Crippen LogP contribution in [0.1, 0.15) is 12.0 Å². The van der Waals surface area contributed by atoms with Crippen LogP contribution in [0.3, 0.4) is 0 Å². The minimum absolute atomic E-state index is 0.677. The first-order valence-electron chi connectivity index (χ1n) is 9.91. The summed E-state index contributed by atoms with van der Waals surface area (Å²) in [6.07, 6.45) is 1.22. The van der Waals surface area contributed by atoms with Crippen molar-refractivity contribution in [3.05, 3.63) is 66.2 Å². The molecule has 4 heteroatoms. The largest absolute Gasteiger partial charge is 0.497 e. The second-order valence-corrected chi connectivity index (χ2v) is 7.48. The fraction of sp³-hybridized carbons (Fsp3) is 0.333. The Morgan fingerprint density at radius 2 is 1.71 bits per heavy atom. The van der Waals surface area contributed by atoms with E-state index < -0.39 is 0 Å². The number of rotatable bonds is 7. The van der Waals surface area contributed by atoms with Crippen LogP contribution in [-0.4, -0.2) is 33.9 Å². The van der Waals surface area contributed by atoms with E-state index in [1.807, 2.05) is 12.1 Å². The van der Waals surface area contributed by atoms with Gasteiger partial charge in [0.1, 0.15) is 11.5 Å². The summed E-state index contributed by atoms with van der Waals surface area (Å²) in [7, 11) is 3.43. The Hall–Kier alpha value is -2.72. The van der Waals surface area contributed by atoms with Gasteiger partial charge in [-0.1, -0.05) is 24.3 Å². The molecule has 0 saturated carbocycles. The van der Waals surface area contributed by atoms with Crippen molar-refractivity contribution in [2.75, 3.05) is 38.8 Å². The number of nitrogens with one attached hydrogen (secondary N) is 1. The zero-order valence-electron chi connectivity index (χ0n) is 16.7. The van der Waals surface area contributed by atoms with Gasteiger partial charge in [-0.15, -0.1) is 0 Å². The van der Waals surface area contributed by atoms with E-state index >= 15 is 0 Å². The molecule has 1 aliphatic heterocycles. The van der Waals surface area contributed by atoms with Crippen molar-refractivity contribution in [1.82, 2.24) is 5.32 Å². The minimum atomic E-state index is 0.677. The van der Waals surface area contributed by atoms with Gasteiger partial charge in [-0.05, 0) is 59.0 Å². The summed E-state index contributed by atoms with van der Waals surface area (Å²) in [5.41, 5.74) is 2.58. The molecule has 0 amide bonds. The smallest absolute Gasteiger partial charge is 0.120 e. The van der Waals surface area contributed by atoms with Gasteiger partial charge < -0.3 is 19.7 Å². The van der Waals surface area contributed by atoms with Crippen molar-refractivity contribution in [2.45, 2.75) is 13.0 Å². The first kappa shape index (κ1) is 18.6. The fourth-order valence-corrected chi connectivity index (χ4v) is 3.97. The molecule has 0 radical (unpaired) electrons. The van der Waals surface area contributed by atoms with Crippen molar-refractivity contribution in [3.63, 3.8) is 0 Å². The Labute approximate surface area is 167 Å². The van der Waals surface area contributed by atoms with Gasteiger partial charge in [0.05, 0.1) is 14.2 Å². The molecule has 28 heavy (non-hydrogen) atoms. The Balaban J connectivity index is 1.30. The average Bonchev–Trinajstić information content (AvgIpc) is 3.22. The topological polar surface area (TPSA) is 33.7 Å². The molecule has 0 aromatic heterocycles. The summed E-state index contributed by atoms with van der Waals surface area (Å²) in [6, 6.07) is 21.2. The van der Waals surface area contributed by atoms with Crippen LogP contribution in [0.5, 0.6) is 11.5 Å². The number of anilines is 1. The summed E-state index contributed by atoms with van der Waals surface area (Å²) in [6.45, 7) is 4.15. The van der Waals surface area contributed by atoms with Crippen LogP contribution in [-0.2, 0) is 6.54 Å². The third kappa shape index (κ3) is 4.23. The Morgan fingerprint density at radius 1 is 0.929 bits per heavy atom. The van der Waals surface area contributed by atoms with E-state index in [2.05, 4.69) is 58.7 Å². The van der Waals surface area contributed by atoms with E-state index in [0.29, 0.717) is 5.92 Å². The monoisotopic (exact) mass is 376 g/mol. The van der Waals surface area contributed by atoms with Crippen LogP contribution >= 0.6 is 0 Å². The predicted molar refractivity (Wildman–Crippen MR) is 116 cm³/mol. The Kier molecular flexibility index (Phi) is 5.68. The van der Waals surface area contributed by atoms with Gasteiger partial charge in [0.25, 0.3) is 0 Å². The van der Waals surface area contributed by atoms with Gasteiger partial charge in [-0.25, -0.2) is 0 Å². The van der Waals surface area contributed by atoms with E-state index in [9.17, 15) is 0 Å². The highest BCUT2D eigenvalue weighted by Gasteiger charge is 2.22. The lowest BCUT2D eigenvalue weighted by Crippen LogP contribution is -2.26. The molecule has 3 aromatic carbocycles. The molecule has 1 saturated heterocycles. The van der Waals surface area contributed by atoms with Crippen molar-refractivity contribution >= 4 is 16.5 Å². The van der Waals surface area contributed by atoms with Gasteiger partial charge in [0, 0.05) is 37.9 Å². The number of methoxy groups -OCH3 is 2. The quantitative estimate of drug-likeness (QED) is 0.659. The third-order valence-electron chi connectivity index (χ3n) is 5.58. The molecule has 1 heterocycles. The van der Waals surface area contributed by atoms with Crippen LogP contribution in [0.2, 0.25) is 0 Å². The summed E-state index contributed by atoms with van der Waals surface area (Å²) in [5.74, 6) is 2.50. The summed E-state index contributed by atoms with van der Waals surface area (Å²) >= 11 is 0. The van der Waals surface area contributed by atoms with E-state index in [0.717, 1.165) is 37.7 Å². The highest BCUT2D eigenvalue weighted by Crippen LogP contribution is 2.27. The predicted octanol–water partition coefficient (Wildman–Crippen LogP) is 4.47. The van der Waals surface area contributed by atoms with Crippen molar-refractivity contribution < 1.29 is 9.47 Å². The number of hydrogen-bond donors (Lipinski definition) is 1. The van der Waals surface area contributed by atoms with Crippen molar-refractivity contribution in [2.24, 2.45) is 5.92 Å². The number of fused-ring (bicyclic) bond motifs is 1. The van der Waals surface area contributed by atoms with E-state index in [1.165, 1.54) is 28.4 Å². The fourth-order valence-electron chi connectivity index (χ4n) is 3.97. The first-order valence-corrected chi connectivity index (χ1v) is 9.91. The first-order chi connectivity index (χ1) is 13.7. The Bertz CT molecular complexity index is 941. The molecule has 1 N–H and O–H groups in total. The van der Waals surface area contributed by atoms with Gasteiger partial charge in [0.2, 0.25) is 0 Å². The lowest BCUT2D eigenvalue weighted by molar-refractivity contribution is 0.415. The lowest BCUT2D eigenvalue weighted by Gasteiger charge is -2.19. The zero-order valence-corrected chi connectivity index (χ0v) is 16.7. The van der Waals surface area contributed by atoms with Crippen molar-refractivity contribution in [3.8, 4) is 11.5 Å².